The fraction of sp³-hybridized carbons (Fsp3) is 0.286. The second-order valence-corrected chi connectivity index (χ2v) is 4.20. The lowest BCUT2D eigenvalue weighted by Gasteiger charge is -2.07. The van der Waals surface area contributed by atoms with Gasteiger partial charge in [-0.25, -0.2) is 9.37 Å². The van der Waals surface area contributed by atoms with Gasteiger partial charge in [0.05, 0.1) is 11.4 Å². The Kier molecular flexibility index (Phi) is 4.34. The van der Waals surface area contributed by atoms with Gasteiger partial charge in [-0.1, -0.05) is 13.8 Å². The second-order valence-electron chi connectivity index (χ2n) is 4.20. The van der Waals surface area contributed by atoms with Crippen LogP contribution >= 0.6 is 0 Å². The zero-order valence-electron chi connectivity index (χ0n) is 11.4. The number of nitrogens with zero attached hydrogens (tertiary/aromatic N) is 3. The molecule has 20 heavy (non-hydrogen) atoms. The Bertz CT molecular complexity index is 613. The molecule has 0 spiro atoms. The van der Waals surface area contributed by atoms with Crippen molar-refractivity contribution in [1.82, 2.24) is 15.2 Å². The molecule has 5 nitrogen and oxygen atoms in total. The second kappa shape index (κ2) is 6.18. The number of rotatable bonds is 4. The van der Waals surface area contributed by atoms with Crippen molar-refractivity contribution in [1.29, 1.82) is 0 Å². The topological polar surface area (TPSA) is 67.8 Å². The average molecular weight is 274 g/mol. The largest absolute Gasteiger partial charge is 0.289 e. The first-order valence-corrected chi connectivity index (χ1v) is 6.43. The Balaban J connectivity index is 2.17. The van der Waals surface area contributed by atoms with Crippen molar-refractivity contribution in [3.8, 4) is 0 Å². The van der Waals surface area contributed by atoms with E-state index >= 15 is 0 Å². The van der Waals surface area contributed by atoms with Gasteiger partial charge in [0.25, 0.3) is 5.91 Å². The molecule has 1 aromatic heterocycles. The highest BCUT2D eigenvalue weighted by atomic mass is 19.1. The molecule has 1 aromatic carbocycles. The quantitative estimate of drug-likeness (QED) is 0.929. The van der Waals surface area contributed by atoms with Crippen molar-refractivity contribution in [2.24, 2.45) is 0 Å². The van der Waals surface area contributed by atoms with E-state index in [9.17, 15) is 9.18 Å². The number of hydrogen-bond acceptors (Lipinski definition) is 4. The number of aryl methyl sites for hydroxylation is 2. The van der Waals surface area contributed by atoms with Crippen molar-refractivity contribution in [2.75, 3.05) is 5.32 Å². The Labute approximate surface area is 116 Å². The van der Waals surface area contributed by atoms with E-state index in [1.807, 2.05) is 13.8 Å². The lowest BCUT2D eigenvalue weighted by molar-refractivity contribution is 0.102. The van der Waals surface area contributed by atoms with E-state index in [1.54, 1.807) is 0 Å². The maximum absolute atomic E-state index is 12.8. The first kappa shape index (κ1) is 14.0. The van der Waals surface area contributed by atoms with E-state index in [2.05, 4.69) is 20.5 Å². The Hall–Kier alpha value is -2.37. The van der Waals surface area contributed by atoms with E-state index in [0.717, 1.165) is 24.2 Å². The molecule has 2 rings (SSSR count). The van der Waals surface area contributed by atoms with Crippen LogP contribution in [0.15, 0.2) is 24.3 Å². The number of aromatic nitrogens is 3. The number of benzene rings is 1. The minimum Gasteiger partial charge on any atom is -0.289 e. The summed E-state index contributed by atoms with van der Waals surface area (Å²) in [6.45, 7) is 3.94. The van der Waals surface area contributed by atoms with Crippen molar-refractivity contribution in [3.05, 3.63) is 47.0 Å². The van der Waals surface area contributed by atoms with Gasteiger partial charge >= 0.3 is 0 Å². The molecule has 1 N–H and O–H groups in total. The van der Waals surface area contributed by atoms with Crippen molar-refractivity contribution in [2.45, 2.75) is 26.7 Å². The minimum atomic E-state index is -0.391. The summed E-state index contributed by atoms with van der Waals surface area (Å²) in [5.41, 5.74) is 1.98. The maximum Gasteiger partial charge on any atom is 0.258 e. The Morgan fingerprint density at radius 3 is 2.35 bits per heavy atom. The van der Waals surface area contributed by atoms with Crippen LogP contribution in [0.3, 0.4) is 0 Å². The summed E-state index contributed by atoms with van der Waals surface area (Å²) in [5, 5.41) is 10.5. The number of carbonyl (C=O) groups excluding carboxylic acids is 1. The molecule has 0 aliphatic heterocycles. The van der Waals surface area contributed by atoms with Crippen LogP contribution in [0, 0.1) is 5.82 Å². The summed E-state index contributed by atoms with van der Waals surface area (Å²) < 4.78 is 12.8. The summed E-state index contributed by atoms with van der Waals surface area (Å²) in [5.74, 6) is -0.619. The van der Waals surface area contributed by atoms with Gasteiger partial charge in [-0.2, -0.15) is 0 Å². The van der Waals surface area contributed by atoms with Gasteiger partial charge in [0.2, 0.25) is 5.95 Å². The van der Waals surface area contributed by atoms with Crippen LogP contribution in [-0.2, 0) is 12.8 Å². The third kappa shape index (κ3) is 3.14. The first-order chi connectivity index (χ1) is 9.63. The molecular formula is C14H15FN4O. The predicted octanol–water partition coefficient (Wildman–Crippen LogP) is 2.39. The highest BCUT2D eigenvalue weighted by molar-refractivity contribution is 6.03. The summed E-state index contributed by atoms with van der Waals surface area (Å²) in [6, 6.07) is 5.26. The van der Waals surface area contributed by atoms with Crippen LogP contribution in [-0.4, -0.2) is 21.1 Å². The molecule has 0 unspecified atom stereocenters. The Morgan fingerprint density at radius 2 is 1.75 bits per heavy atom. The van der Waals surface area contributed by atoms with Crippen LogP contribution in [0.25, 0.3) is 0 Å². The van der Waals surface area contributed by atoms with Gasteiger partial charge in [0, 0.05) is 5.56 Å². The van der Waals surface area contributed by atoms with Crippen LogP contribution in [0.4, 0.5) is 10.3 Å². The number of anilines is 1. The standard InChI is InChI=1S/C14H15FN4O/c1-3-11-12(4-2)18-19-14(16-11)17-13(20)9-5-7-10(15)8-6-9/h5-8H,3-4H2,1-2H3,(H,16,17,19,20). The molecule has 0 radical (unpaired) electrons. The third-order valence-corrected chi connectivity index (χ3v) is 2.84. The van der Waals surface area contributed by atoms with Gasteiger partial charge in [0.1, 0.15) is 5.82 Å². The van der Waals surface area contributed by atoms with E-state index in [-0.39, 0.29) is 11.8 Å². The number of halogens is 1. The summed E-state index contributed by atoms with van der Waals surface area (Å²) in [4.78, 5) is 16.2. The smallest absolute Gasteiger partial charge is 0.258 e. The summed E-state index contributed by atoms with van der Waals surface area (Å²) >= 11 is 0. The number of amides is 1. The van der Waals surface area contributed by atoms with Gasteiger partial charge in [-0.05, 0) is 37.1 Å². The van der Waals surface area contributed by atoms with Crippen LogP contribution in [0.2, 0.25) is 0 Å². The summed E-state index contributed by atoms with van der Waals surface area (Å²) in [6.07, 6.45) is 1.47. The molecule has 1 heterocycles. The average Bonchev–Trinajstić information content (AvgIpc) is 2.47. The summed E-state index contributed by atoms with van der Waals surface area (Å²) in [7, 11) is 0. The van der Waals surface area contributed by atoms with Gasteiger partial charge in [-0.15, -0.1) is 10.2 Å². The van der Waals surface area contributed by atoms with Gasteiger partial charge < -0.3 is 0 Å². The fourth-order valence-electron chi connectivity index (χ4n) is 1.77. The highest BCUT2D eigenvalue weighted by Gasteiger charge is 2.10. The fourth-order valence-corrected chi connectivity index (χ4v) is 1.77. The molecule has 1 amide bonds. The lowest BCUT2D eigenvalue weighted by atomic mass is 10.2. The minimum absolute atomic E-state index is 0.161. The molecule has 0 saturated heterocycles. The van der Waals surface area contributed by atoms with Crippen molar-refractivity contribution >= 4 is 11.9 Å². The molecular weight excluding hydrogens is 259 g/mol. The van der Waals surface area contributed by atoms with Crippen molar-refractivity contribution < 1.29 is 9.18 Å². The van der Waals surface area contributed by atoms with E-state index in [0.29, 0.717) is 5.56 Å². The zero-order chi connectivity index (χ0) is 14.5. The van der Waals surface area contributed by atoms with E-state index in [4.69, 9.17) is 0 Å². The zero-order valence-corrected chi connectivity index (χ0v) is 11.4. The SMILES string of the molecule is CCc1nnc(NC(=O)c2ccc(F)cc2)nc1CC. The first-order valence-electron chi connectivity index (χ1n) is 6.43. The van der Waals surface area contributed by atoms with Gasteiger partial charge in [0.15, 0.2) is 0 Å². The predicted molar refractivity (Wildman–Crippen MR) is 72.9 cm³/mol. The van der Waals surface area contributed by atoms with E-state index < -0.39 is 5.91 Å². The molecule has 0 saturated carbocycles. The van der Waals surface area contributed by atoms with Crippen LogP contribution < -0.4 is 5.32 Å². The lowest BCUT2D eigenvalue weighted by Crippen LogP contribution is -2.16. The monoisotopic (exact) mass is 274 g/mol. The molecule has 0 aliphatic carbocycles. The molecule has 104 valence electrons. The Morgan fingerprint density at radius 1 is 1.10 bits per heavy atom. The molecule has 6 heteroatoms. The van der Waals surface area contributed by atoms with Gasteiger partial charge in [-0.3, -0.25) is 10.1 Å². The van der Waals surface area contributed by atoms with Crippen molar-refractivity contribution in [3.63, 3.8) is 0 Å². The normalized spacial score (nSPS) is 10.3. The molecule has 0 aliphatic rings. The molecule has 2 aromatic rings. The molecule has 0 bridgehead atoms. The number of carbonyl (C=O) groups is 1. The molecule has 0 fully saturated rings. The number of hydrogen-bond donors (Lipinski definition) is 1. The van der Waals surface area contributed by atoms with Crippen LogP contribution in [0.5, 0.6) is 0 Å². The third-order valence-electron chi connectivity index (χ3n) is 2.84. The maximum atomic E-state index is 12.8. The van der Waals surface area contributed by atoms with Crippen LogP contribution in [0.1, 0.15) is 35.6 Å². The highest BCUT2D eigenvalue weighted by Crippen LogP contribution is 2.09. The van der Waals surface area contributed by atoms with E-state index in [1.165, 1.54) is 24.3 Å². The molecule has 0 atom stereocenters. The number of nitrogens with one attached hydrogen (secondary N) is 1.